The highest BCUT2D eigenvalue weighted by atomic mass is 32.1. The topological polar surface area (TPSA) is 58.5 Å². The van der Waals surface area contributed by atoms with Crippen LogP contribution >= 0.6 is 11.3 Å². The Labute approximate surface area is 127 Å². The number of aliphatic hydroxyl groups is 1. The van der Waals surface area contributed by atoms with Crippen LogP contribution in [0, 0.1) is 0 Å². The highest BCUT2D eigenvalue weighted by Crippen LogP contribution is 2.40. The number of aryl methyl sites for hydroxylation is 2. The minimum Gasteiger partial charge on any atom is -0.394 e. The smallest absolute Gasteiger partial charge is 0.141 e. The lowest BCUT2D eigenvalue weighted by atomic mass is 10.1. The molecule has 2 aromatic heterocycles. The minimum atomic E-state index is -0.127. The molecule has 5 nitrogen and oxygen atoms in total. The van der Waals surface area contributed by atoms with E-state index in [1.807, 2.05) is 11.3 Å². The molecule has 112 valence electrons. The maximum atomic E-state index is 9.39. The lowest BCUT2D eigenvalue weighted by molar-refractivity contribution is -0.0104. The van der Waals surface area contributed by atoms with Crippen molar-refractivity contribution < 1.29 is 9.84 Å². The van der Waals surface area contributed by atoms with Crippen LogP contribution in [0.3, 0.4) is 0 Å². The quantitative estimate of drug-likeness (QED) is 0.916. The Hall–Kier alpha value is -1.24. The molecular weight excluding hydrogens is 286 g/mol. The predicted molar refractivity (Wildman–Crippen MR) is 83.1 cm³/mol. The van der Waals surface area contributed by atoms with Crippen LogP contribution in [0.2, 0.25) is 0 Å². The molecule has 3 heterocycles. The zero-order chi connectivity index (χ0) is 14.4. The van der Waals surface area contributed by atoms with Crippen molar-refractivity contribution in [2.75, 3.05) is 24.7 Å². The summed E-state index contributed by atoms with van der Waals surface area (Å²) in [5.41, 5.74) is 1.45. The highest BCUT2D eigenvalue weighted by molar-refractivity contribution is 7.19. The molecule has 0 aromatic carbocycles. The zero-order valence-corrected chi connectivity index (χ0v) is 12.9. The van der Waals surface area contributed by atoms with E-state index in [1.165, 1.54) is 28.7 Å². The first-order valence-electron chi connectivity index (χ1n) is 7.52. The van der Waals surface area contributed by atoms with Crippen molar-refractivity contribution in [3.63, 3.8) is 0 Å². The molecule has 4 rings (SSSR count). The summed E-state index contributed by atoms with van der Waals surface area (Å²) >= 11 is 1.81. The lowest BCUT2D eigenvalue weighted by Gasteiger charge is -2.38. The summed E-state index contributed by atoms with van der Waals surface area (Å²) in [6, 6.07) is 0.267. The molecule has 2 atom stereocenters. The number of hydrogen-bond acceptors (Lipinski definition) is 6. The van der Waals surface area contributed by atoms with Gasteiger partial charge in [-0.25, -0.2) is 9.97 Å². The van der Waals surface area contributed by atoms with Crippen molar-refractivity contribution in [2.45, 2.75) is 38.3 Å². The van der Waals surface area contributed by atoms with Crippen molar-refractivity contribution >= 4 is 27.4 Å². The summed E-state index contributed by atoms with van der Waals surface area (Å²) in [5, 5.41) is 10.6. The fourth-order valence-electron chi connectivity index (χ4n) is 3.35. The molecule has 2 aromatic rings. The average molecular weight is 305 g/mol. The molecule has 2 aliphatic rings. The van der Waals surface area contributed by atoms with Gasteiger partial charge in [-0.05, 0) is 31.7 Å². The van der Waals surface area contributed by atoms with Gasteiger partial charge in [0, 0.05) is 11.4 Å². The van der Waals surface area contributed by atoms with E-state index in [9.17, 15) is 5.11 Å². The number of ether oxygens (including phenoxy) is 1. The van der Waals surface area contributed by atoms with E-state index >= 15 is 0 Å². The van der Waals surface area contributed by atoms with Crippen LogP contribution in [-0.2, 0) is 17.6 Å². The molecule has 0 spiro atoms. The van der Waals surface area contributed by atoms with Crippen molar-refractivity contribution in [2.24, 2.45) is 0 Å². The number of aromatic nitrogens is 2. The SMILES string of the molecule is C[C@H]1CO[C@@H](CO)CN1c1ncnc2sc3c(c12)CCC3. The van der Waals surface area contributed by atoms with Crippen molar-refractivity contribution in [3.8, 4) is 0 Å². The molecule has 1 fully saturated rings. The van der Waals surface area contributed by atoms with Gasteiger partial charge in [0.15, 0.2) is 0 Å². The van der Waals surface area contributed by atoms with E-state index in [0.29, 0.717) is 13.2 Å². The Morgan fingerprint density at radius 1 is 1.43 bits per heavy atom. The van der Waals surface area contributed by atoms with Gasteiger partial charge >= 0.3 is 0 Å². The summed E-state index contributed by atoms with van der Waals surface area (Å²) in [6.45, 7) is 3.52. The largest absolute Gasteiger partial charge is 0.394 e. The van der Waals surface area contributed by atoms with Crippen LogP contribution in [-0.4, -0.2) is 47.0 Å². The fourth-order valence-corrected chi connectivity index (χ4v) is 4.58. The van der Waals surface area contributed by atoms with Crippen LogP contribution in [0.4, 0.5) is 5.82 Å². The molecule has 21 heavy (non-hydrogen) atoms. The van der Waals surface area contributed by atoms with Crippen molar-refractivity contribution in [1.29, 1.82) is 0 Å². The molecule has 0 unspecified atom stereocenters. The third-order valence-corrected chi connectivity index (χ3v) is 5.66. The number of fused-ring (bicyclic) bond motifs is 3. The van der Waals surface area contributed by atoms with E-state index in [-0.39, 0.29) is 18.8 Å². The Bertz CT molecular complexity index is 672. The van der Waals surface area contributed by atoms with Crippen LogP contribution in [0.1, 0.15) is 23.8 Å². The van der Waals surface area contributed by atoms with E-state index in [2.05, 4.69) is 21.8 Å². The maximum absolute atomic E-state index is 9.39. The first kappa shape index (κ1) is 13.4. The number of hydrogen-bond donors (Lipinski definition) is 1. The Kier molecular flexibility index (Phi) is 3.32. The van der Waals surface area contributed by atoms with Crippen molar-refractivity contribution in [3.05, 3.63) is 16.8 Å². The summed E-state index contributed by atoms with van der Waals surface area (Å²) in [4.78, 5) is 13.9. The van der Waals surface area contributed by atoms with E-state index in [4.69, 9.17) is 4.74 Å². The van der Waals surface area contributed by atoms with E-state index in [0.717, 1.165) is 17.1 Å². The predicted octanol–water partition coefficient (Wildman–Crippen LogP) is 1.77. The Morgan fingerprint density at radius 2 is 2.33 bits per heavy atom. The number of morpholine rings is 1. The molecule has 0 bridgehead atoms. The molecule has 0 amide bonds. The summed E-state index contributed by atoms with van der Waals surface area (Å²) in [5.74, 6) is 1.02. The fraction of sp³-hybridized carbons (Fsp3) is 0.600. The number of thiophene rings is 1. The van der Waals surface area contributed by atoms with Crippen LogP contribution in [0.25, 0.3) is 10.2 Å². The molecular formula is C15H19N3O2S. The molecule has 0 radical (unpaired) electrons. The van der Waals surface area contributed by atoms with Gasteiger partial charge in [0.05, 0.1) is 30.7 Å². The standard InChI is InChI=1S/C15H19N3O2S/c1-9-7-20-10(6-19)5-18(9)14-13-11-3-2-4-12(11)21-15(13)17-8-16-14/h8-10,19H,2-7H2,1H3/t9-,10+/m0/s1. The Morgan fingerprint density at radius 3 is 3.19 bits per heavy atom. The number of nitrogens with zero attached hydrogens (tertiary/aromatic N) is 3. The van der Waals surface area contributed by atoms with Gasteiger partial charge in [0.1, 0.15) is 17.0 Å². The van der Waals surface area contributed by atoms with Gasteiger partial charge in [-0.3, -0.25) is 0 Å². The third-order valence-electron chi connectivity index (χ3n) is 4.46. The highest BCUT2D eigenvalue weighted by Gasteiger charge is 2.30. The Balaban J connectivity index is 1.82. The van der Waals surface area contributed by atoms with Gasteiger partial charge < -0.3 is 14.7 Å². The average Bonchev–Trinajstić information content (AvgIpc) is 3.08. The molecule has 0 saturated carbocycles. The van der Waals surface area contributed by atoms with Gasteiger partial charge in [0.2, 0.25) is 0 Å². The van der Waals surface area contributed by atoms with Crippen molar-refractivity contribution in [1.82, 2.24) is 9.97 Å². The number of anilines is 1. The zero-order valence-electron chi connectivity index (χ0n) is 12.1. The van der Waals surface area contributed by atoms with E-state index < -0.39 is 0 Å². The van der Waals surface area contributed by atoms with Crippen LogP contribution < -0.4 is 4.90 Å². The molecule has 1 aliphatic carbocycles. The summed E-state index contributed by atoms with van der Waals surface area (Å²) < 4.78 is 5.64. The first-order chi connectivity index (χ1) is 10.3. The first-order valence-corrected chi connectivity index (χ1v) is 8.34. The molecule has 1 N–H and O–H groups in total. The second-order valence-electron chi connectivity index (χ2n) is 5.87. The minimum absolute atomic E-state index is 0.0548. The van der Waals surface area contributed by atoms with Crippen LogP contribution in [0.5, 0.6) is 0 Å². The van der Waals surface area contributed by atoms with Crippen LogP contribution in [0.15, 0.2) is 6.33 Å². The number of rotatable bonds is 2. The second-order valence-corrected chi connectivity index (χ2v) is 6.96. The third kappa shape index (κ3) is 2.13. The van der Waals surface area contributed by atoms with Gasteiger partial charge in [-0.1, -0.05) is 0 Å². The lowest BCUT2D eigenvalue weighted by Crippen LogP contribution is -2.50. The molecule has 1 saturated heterocycles. The van der Waals surface area contributed by atoms with E-state index in [1.54, 1.807) is 6.33 Å². The monoisotopic (exact) mass is 305 g/mol. The number of aliphatic hydroxyl groups excluding tert-OH is 1. The second kappa shape index (κ2) is 5.19. The maximum Gasteiger partial charge on any atom is 0.141 e. The van der Waals surface area contributed by atoms with Gasteiger partial charge in [0.25, 0.3) is 0 Å². The van der Waals surface area contributed by atoms with Gasteiger partial charge in [-0.15, -0.1) is 11.3 Å². The molecule has 6 heteroatoms. The normalized spacial score (nSPS) is 25.5. The summed E-state index contributed by atoms with van der Waals surface area (Å²) in [6.07, 6.45) is 5.09. The van der Waals surface area contributed by atoms with Gasteiger partial charge in [-0.2, -0.15) is 0 Å². The molecule has 1 aliphatic heterocycles. The summed E-state index contributed by atoms with van der Waals surface area (Å²) in [7, 11) is 0.